The third-order valence-electron chi connectivity index (χ3n) is 8.86. The molecule has 2 aromatic heterocycles. The van der Waals surface area contributed by atoms with E-state index in [2.05, 4.69) is 15.4 Å². The first-order valence-electron chi connectivity index (χ1n) is 15.5. The minimum absolute atomic E-state index is 0.233. The normalized spacial score (nSPS) is 15.3. The highest BCUT2D eigenvalue weighted by molar-refractivity contribution is 7.90. The van der Waals surface area contributed by atoms with Crippen LogP contribution in [0.4, 0.5) is 0 Å². The van der Waals surface area contributed by atoms with Crippen LogP contribution in [-0.2, 0) is 21.3 Å². The van der Waals surface area contributed by atoms with E-state index in [0.717, 1.165) is 59.0 Å². The molecular weight excluding hydrogens is 592 g/mol. The van der Waals surface area contributed by atoms with Gasteiger partial charge in [0.2, 0.25) is 10.0 Å². The zero-order valence-corrected chi connectivity index (χ0v) is 26.8. The predicted octanol–water partition coefficient (Wildman–Crippen LogP) is 7.16. The summed E-state index contributed by atoms with van der Waals surface area (Å²) in [7, 11) is -2.19. The second kappa shape index (κ2) is 12.2. The Morgan fingerprint density at radius 3 is 2.56 bits per heavy atom. The van der Waals surface area contributed by atoms with E-state index in [1.54, 1.807) is 32.2 Å². The van der Waals surface area contributed by atoms with Crippen LogP contribution in [0.1, 0.15) is 96.4 Å². The maximum Gasteiger partial charge on any atom is 0.342 e. The summed E-state index contributed by atoms with van der Waals surface area (Å²) in [5, 5.41) is 0.268. The zero-order chi connectivity index (χ0) is 31.9. The van der Waals surface area contributed by atoms with Gasteiger partial charge in [0.05, 0.1) is 37.5 Å². The van der Waals surface area contributed by atoms with Crippen molar-refractivity contribution in [2.75, 3.05) is 13.7 Å². The van der Waals surface area contributed by atoms with Crippen LogP contribution in [0.25, 0.3) is 33.8 Å². The Morgan fingerprint density at radius 2 is 1.84 bits per heavy atom. The van der Waals surface area contributed by atoms with Crippen LogP contribution in [0.3, 0.4) is 0 Å². The van der Waals surface area contributed by atoms with E-state index in [1.165, 1.54) is 32.1 Å². The number of amides is 1. The zero-order valence-electron chi connectivity index (χ0n) is 26.0. The fraction of sp³-hybridized carbons (Fsp3) is 0.371. The van der Waals surface area contributed by atoms with Gasteiger partial charge in [-0.25, -0.2) is 17.9 Å². The van der Waals surface area contributed by atoms with Gasteiger partial charge in [-0.15, -0.1) is 0 Å². The summed E-state index contributed by atoms with van der Waals surface area (Å²) in [6.07, 6.45) is 9.09. The molecule has 1 amide bonds. The molecule has 0 bridgehead atoms. The lowest BCUT2D eigenvalue weighted by Crippen LogP contribution is -2.35. The van der Waals surface area contributed by atoms with E-state index < -0.39 is 27.1 Å². The molecule has 2 aliphatic rings. The van der Waals surface area contributed by atoms with Crippen LogP contribution in [0.2, 0.25) is 0 Å². The summed E-state index contributed by atoms with van der Waals surface area (Å²) in [4.78, 5) is 26.2. The van der Waals surface area contributed by atoms with Gasteiger partial charge in [-0.05, 0) is 93.1 Å². The number of rotatable bonds is 8. The van der Waals surface area contributed by atoms with Gasteiger partial charge < -0.3 is 18.5 Å². The predicted molar refractivity (Wildman–Crippen MR) is 174 cm³/mol. The maximum atomic E-state index is 13.3. The molecule has 0 spiro atoms. The molecule has 10 heteroatoms. The Morgan fingerprint density at radius 1 is 1.07 bits per heavy atom. The highest BCUT2D eigenvalue weighted by atomic mass is 32.2. The van der Waals surface area contributed by atoms with Gasteiger partial charge in [0.1, 0.15) is 17.1 Å². The molecule has 6 rings (SSSR count). The number of hydrogen-bond acceptors (Lipinski definition) is 7. The maximum absolute atomic E-state index is 13.3. The summed E-state index contributed by atoms with van der Waals surface area (Å²) >= 11 is 0. The Labute approximate surface area is 263 Å². The van der Waals surface area contributed by atoms with Crippen molar-refractivity contribution in [1.82, 2.24) is 9.29 Å². The lowest BCUT2D eigenvalue weighted by molar-refractivity contribution is 0.0525. The van der Waals surface area contributed by atoms with Crippen molar-refractivity contribution in [3.63, 3.8) is 0 Å². The molecule has 4 aromatic rings. The SMILES string of the molecule is CCOC(=O)c1ccoc1C1=Cc2cc(OC)ccc2-c2c(C3CCCCC3)c3ccc(C(=O)NS(=O)(=O)C(C)C)cc3n2C1. The first-order chi connectivity index (χ1) is 21.6. The third-order valence-corrected chi connectivity index (χ3v) is 10.6. The lowest BCUT2D eigenvalue weighted by Gasteiger charge is -2.24. The molecule has 0 unspecified atom stereocenters. The molecule has 1 N–H and O–H groups in total. The van der Waals surface area contributed by atoms with Gasteiger partial charge in [-0.2, -0.15) is 0 Å². The number of ether oxygens (including phenoxy) is 2. The van der Waals surface area contributed by atoms with Crippen molar-refractivity contribution in [3.8, 4) is 17.0 Å². The minimum Gasteiger partial charge on any atom is -0.497 e. The molecule has 3 heterocycles. The number of carbonyl (C=O) groups is 2. The van der Waals surface area contributed by atoms with E-state index in [9.17, 15) is 18.0 Å². The highest BCUT2D eigenvalue weighted by Crippen LogP contribution is 2.48. The number of esters is 1. The fourth-order valence-electron chi connectivity index (χ4n) is 6.55. The molecule has 0 radical (unpaired) electrons. The molecule has 1 fully saturated rings. The van der Waals surface area contributed by atoms with Crippen LogP contribution in [0, 0.1) is 0 Å². The minimum atomic E-state index is -3.82. The van der Waals surface area contributed by atoms with Crippen molar-refractivity contribution >= 4 is 44.5 Å². The van der Waals surface area contributed by atoms with Gasteiger partial charge in [-0.3, -0.25) is 4.79 Å². The Bertz CT molecular complexity index is 1920. The standard InChI is InChI=1S/C35H38N2O7S/c1-5-43-35(39)29-15-16-44-33(29)25-17-24-18-26(42-4)12-14-27(24)32-31(22-9-7-6-8-10-22)28-13-11-23(19-30(28)37(32)20-25)34(38)36-45(40,41)21(2)3/h11-19,21-22H,5-10,20H2,1-4H3,(H,36,38). The molecule has 1 aliphatic heterocycles. The van der Waals surface area contributed by atoms with Crippen molar-refractivity contribution in [2.45, 2.75) is 70.6 Å². The van der Waals surface area contributed by atoms with Crippen molar-refractivity contribution in [3.05, 3.63) is 76.7 Å². The van der Waals surface area contributed by atoms with Crippen molar-refractivity contribution in [2.24, 2.45) is 0 Å². The van der Waals surface area contributed by atoms with Crippen molar-refractivity contribution < 1.29 is 31.9 Å². The lowest BCUT2D eigenvalue weighted by atomic mass is 9.81. The van der Waals surface area contributed by atoms with Crippen LogP contribution in [-0.4, -0.2) is 43.8 Å². The molecule has 236 valence electrons. The number of allylic oxidation sites excluding steroid dienone is 1. The molecule has 2 aromatic carbocycles. The van der Waals surface area contributed by atoms with Gasteiger partial charge >= 0.3 is 5.97 Å². The van der Waals surface area contributed by atoms with E-state index in [-0.39, 0.29) is 12.2 Å². The second-order valence-corrected chi connectivity index (χ2v) is 14.2. The summed E-state index contributed by atoms with van der Waals surface area (Å²) < 4.78 is 46.4. The van der Waals surface area contributed by atoms with E-state index in [4.69, 9.17) is 13.9 Å². The van der Waals surface area contributed by atoms with Crippen LogP contribution >= 0.6 is 0 Å². The molecule has 0 saturated heterocycles. The Kier molecular flexibility index (Phi) is 8.35. The van der Waals surface area contributed by atoms with Gasteiger partial charge in [0.25, 0.3) is 5.91 Å². The number of aromatic nitrogens is 1. The monoisotopic (exact) mass is 630 g/mol. The van der Waals surface area contributed by atoms with Crippen LogP contribution in [0.15, 0.2) is 53.1 Å². The first kappa shape index (κ1) is 30.7. The quantitative estimate of drug-likeness (QED) is 0.205. The Balaban J connectivity index is 1.60. The summed E-state index contributed by atoms with van der Waals surface area (Å²) in [6, 6.07) is 13.0. The topological polar surface area (TPSA) is 117 Å². The molecule has 45 heavy (non-hydrogen) atoms. The fourth-order valence-corrected chi connectivity index (χ4v) is 7.17. The average molecular weight is 631 g/mol. The second-order valence-electron chi connectivity index (χ2n) is 11.9. The Hall–Kier alpha value is -4.31. The number of furan rings is 1. The number of carbonyl (C=O) groups excluding carboxylic acids is 2. The molecular formula is C35H38N2O7S. The highest BCUT2D eigenvalue weighted by Gasteiger charge is 2.31. The smallest absolute Gasteiger partial charge is 0.342 e. The van der Waals surface area contributed by atoms with E-state index >= 15 is 0 Å². The number of methoxy groups -OCH3 is 1. The van der Waals surface area contributed by atoms with Crippen LogP contribution in [0.5, 0.6) is 5.75 Å². The number of hydrogen-bond donors (Lipinski definition) is 1. The number of sulfonamides is 1. The third kappa shape index (κ3) is 5.67. The average Bonchev–Trinajstić information content (AvgIpc) is 3.60. The largest absolute Gasteiger partial charge is 0.497 e. The molecule has 9 nitrogen and oxygen atoms in total. The summed E-state index contributed by atoms with van der Waals surface area (Å²) in [5.41, 5.74) is 6.31. The summed E-state index contributed by atoms with van der Waals surface area (Å²) in [5.74, 6) is 0.277. The van der Waals surface area contributed by atoms with E-state index in [1.807, 2.05) is 24.3 Å². The van der Waals surface area contributed by atoms with Crippen LogP contribution < -0.4 is 9.46 Å². The van der Waals surface area contributed by atoms with Crippen molar-refractivity contribution in [1.29, 1.82) is 0 Å². The van der Waals surface area contributed by atoms with Gasteiger partial charge in [-0.1, -0.05) is 25.3 Å². The number of nitrogens with zero attached hydrogens (tertiary/aromatic N) is 1. The summed E-state index contributed by atoms with van der Waals surface area (Å²) in [6.45, 7) is 5.39. The number of benzene rings is 2. The van der Waals surface area contributed by atoms with E-state index in [0.29, 0.717) is 29.5 Å². The molecule has 1 aliphatic carbocycles. The van der Waals surface area contributed by atoms with Gasteiger partial charge in [0.15, 0.2) is 0 Å². The van der Waals surface area contributed by atoms with Gasteiger partial charge in [0, 0.05) is 27.6 Å². The molecule has 0 atom stereocenters. The number of nitrogens with one attached hydrogen (secondary N) is 1. The number of fused-ring (bicyclic) bond motifs is 5. The first-order valence-corrected chi connectivity index (χ1v) is 17.0. The molecule has 1 saturated carbocycles.